The summed E-state index contributed by atoms with van der Waals surface area (Å²) in [6, 6.07) is 0. The van der Waals surface area contributed by atoms with Gasteiger partial charge in [0.05, 0.1) is 12.4 Å². The van der Waals surface area contributed by atoms with Crippen LogP contribution in [0.4, 0.5) is 5.95 Å². The fourth-order valence-corrected chi connectivity index (χ4v) is 3.09. The number of nitrogens with one attached hydrogen (secondary N) is 1. The van der Waals surface area contributed by atoms with Crippen LogP contribution in [0.3, 0.4) is 0 Å². The van der Waals surface area contributed by atoms with Crippen molar-refractivity contribution in [3.8, 4) is 0 Å². The predicted octanol–water partition coefficient (Wildman–Crippen LogP) is 1.33. The monoisotopic (exact) mass is 272 g/mol. The van der Waals surface area contributed by atoms with E-state index in [1.54, 1.807) is 7.05 Å². The highest BCUT2D eigenvalue weighted by Crippen LogP contribution is 2.15. The van der Waals surface area contributed by atoms with E-state index in [2.05, 4.69) is 15.3 Å². The third kappa shape index (κ3) is 3.39. The molecule has 0 atom stereocenters. The van der Waals surface area contributed by atoms with Crippen LogP contribution in [0, 0.1) is 0 Å². The summed E-state index contributed by atoms with van der Waals surface area (Å²) in [5.41, 5.74) is 0. The molecule has 1 aromatic rings. The second-order valence-electron chi connectivity index (χ2n) is 3.90. The zero-order valence-corrected chi connectivity index (χ0v) is 11.9. The second-order valence-corrected chi connectivity index (χ2v) is 5.83. The smallest absolute Gasteiger partial charge is 0.246 e. The van der Waals surface area contributed by atoms with Gasteiger partial charge >= 0.3 is 0 Å². The van der Waals surface area contributed by atoms with Gasteiger partial charge in [-0.15, -0.1) is 0 Å². The first-order valence-electron chi connectivity index (χ1n) is 6.06. The SMILES string of the molecule is CCCN(CCC)S(=O)(=O)c1cnc(NC)nc1. The van der Waals surface area contributed by atoms with E-state index < -0.39 is 10.0 Å². The molecule has 0 fully saturated rings. The summed E-state index contributed by atoms with van der Waals surface area (Å²) in [5, 5.41) is 2.75. The Kier molecular flexibility index (Phi) is 5.49. The number of anilines is 1. The molecule has 1 rings (SSSR count). The lowest BCUT2D eigenvalue weighted by Crippen LogP contribution is -2.32. The molecule has 102 valence electrons. The van der Waals surface area contributed by atoms with Crippen LogP contribution in [-0.2, 0) is 10.0 Å². The Hall–Kier alpha value is -1.21. The minimum absolute atomic E-state index is 0.142. The number of hydrogen-bond donors (Lipinski definition) is 1. The van der Waals surface area contributed by atoms with Gasteiger partial charge in [-0.25, -0.2) is 18.4 Å². The number of nitrogens with zero attached hydrogens (tertiary/aromatic N) is 3. The molecule has 0 unspecified atom stereocenters. The first-order valence-corrected chi connectivity index (χ1v) is 7.50. The topological polar surface area (TPSA) is 75.2 Å². The predicted molar refractivity (Wildman–Crippen MR) is 70.9 cm³/mol. The molecule has 0 radical (unpaired) electrons. The van der Waals surface area contributed by atoms with Gasteiger partial charge in [0.15, 0.2) is 0 Å². The van der Waals surface area contributed by atoms with Gasteiger partial charge in [0.25, 0.3) is 0 Å². The van der Waals surface area contributed by atoms with E-state index in [9.17, 15) is 8.42 Å². The molecule has 0 saturated heterocycles. The van der Waals surface area contributed by atoms with Crippen LogP contribution in [0.2, 0.25) is 0 Å². The van der Waals surface area contributed by atoms with E-state index in [0.29, 0.717) is 19.0 Å². The van der Waals surface area contributed by atoms with Crippen molar-refractivity contribution >= 4 is 16.0 Å². The van der Waals surface area contributed by atoms with E-state index in [4.69, 9.17) is 0 Å². The van der Waals surface area contributed by atoms with Crippen molar-refractivity contribution < 1.29 is 8.42 Å². The molecule has 6 nitrogen and oxygen atoms in total. The lowest BCUT2D eigenvalue weighted by Gasteiger charge is -2.20. The first-order chi connectivity index (χ1) is 8.56. The molecule has 0 aliphatic heterocycles. The first kappa shape index (κ1) is 14.8. The Bertz CT molecular complexity index is 452. The molecule has 0 bridgehead atoms. The van der Waals surface area contributed by atoms with Crippen LogP contribution in [-0.4, -0.2) is 42.8 Å². The van der Waals surface area contributed by atoms with Gasteiger partial charge < -0.3 is 5.32 Å². The Morgan fingerprint density at radius 2 is 1.67 bits per heavy atom. The molecule has 0 amide bonds. The molecule has 0 aliphatic rings. The van der Waals surface area contributed by atoms with Gasteiger partial charge in [0.2, 0.25) is 16.0 Å². The summed E-state index contributed by atoms with van der Waals surface area (Å²) in [5.74, 6) is 0.409. The molecule has 0 saturated carbocycles. The van der Waals surface area contributed by atoms with Crippen LogP contribution in [0.25, 0.3) is 0 Å². The minimum atomic E-state index is -3.47. The molecule has 1 heterocycles. The van der Waals surface area contributed by atoms with E-state index in [1.807, 2.05) is 13.8 Å². The average molecular weight is 272 g/mol. The maximum absolute atomic E-state index is 12.3. The zero-order chi connectivity index (χ0) is 13.6. The lowest BCUT2D eigenvalue weighted by atomic mass is 10.4. The number of aromatic nitrogens is 2. The Labute approximate surface area is 108 Å². The number of hydrogen-bond acceptors (Lipinski definition) is 5. The third-order valence-electron chi connectivity index (χ3n) is 2.44. The van der Waals surface area contributed by atoms with Gasteiger partial charge in [0.1, 0.15) is 4.90 Å². The Morgan fingerprint density at radius 1 is 1.17 bits per heavy atom. The van der Waals surface area contributed by atoms with Crippen LogP contribution < -0.4 is 5.32 Å². The van der Waals surface area contributed by atoms with E-state index in [0.717, 1.165) is 12.8 Å². The van der Waals surface area contributed by atoms with E-state index in [1.165, 1.54) is 16.7 Å². The van der Waals surface area contributed by atoms with Crippen molar-refractivity contribution in [2.45, 2.75) is 31.6 Å². The molecule has 0 spiro atoms. The highest BCUT2D eigenvalue weighted by atomic mass is 32.2. The van der Waals surface area contributed by atoms with Crippen LogP contribution in [0.5, 0.6) is 0 Å². The fourth-order valence-electron chi connectivity index (χ4n) is 1.58. The van der Waals surface area contributed by atoms with Gasteiger partial charge in [-0.3, -0.25) is 0 Å². The molecule has 0 aromatic carbocycles. The summed E-state index contributed by atoms with van der Waals surface area (Å²) >= 11 is 0. The van der Waals surface area contributed by atoms with Crippen molar-refractivity contribution in [2.24, 2.45) is 0 Å². The molecule has 7 heteroatoms. The minimum Gasteiger partial charge on any atom is -0.357 e. The average Bonchev–Trinajstić information content (AvgIpc) is 2.38. The summed E-state index contributed by atoms with van der Waals surface area (Å²) in [4.78, 5) is 8.02. The molecule has 1 N–H and O–H groups in total. The van der Waals surface area contributed by atoms with Crippen molar-refractivity contribution in [1.29, 1.82) is 0 Å². The van der Waals surface area contributed by atoms with Crippen molar-refractivity contribution in [2.75, 3.05) is 25.5 Å². The molecular weight excluding hydrogens is 252 g/mol. The second kappa shape index (κ2) is 6.65. The summed E-state index contributed by atoms with van der Waals surface area (Å²) in [6.07, 6.45) is 4.25. The number of rotatable bonds is 7. The van der Waals surface area contributed by atoms with E-state index >= 15 is 0 Å². The summed E-state index contributed by atoms with van der Waals surface area (Å²) < 4.78 is 26.2. The Balaban J connectivity index is 3.01. The van der Waals surface area contributed by atoms with Crippen LogP contribution >= 0.6 is 0 Å². The highest BCUT2D eigenvalue weighted by Gasteiger charge is 2.23. The van der Waals surface area contributed by atoms with E-state index in [-0.39, 0.29) is 4.90 Å². The van der Waals surface area contributed by atoms with Gasteiger partial charge in [-0.2, -0.15) is 4.31 Å². The molecule has 1 aromatic heterocycles. The van der Waals surface area contributed by atoms with Crippen molar-refractivity contribution in [3.63, 3.8) is 0 Å². The third-order valence-corrected chi connectivity index (χ3v) is 4.29. The molecule has 0 aliphatic carbocycles. The molecular formula is C11H20N4O2S. The van der Waals surface area contributed by atoms with Crippen LogP contribution in [0.15, 0.2) is 17.3 Å². The zero-order valence-electron chi connectivity index (χ0n) is 11.0. The standard InChI is InChI=1S/C11H20N4O2S/c1-4-6-15(7-5-2)18(16,17)10-8-13-11(12-3)14-9-10/h8-9H,4-7H2,1-3H3,(H,12,13,14). The molecule has 18 heavy (non-hydrogen) atoms. The van der Waals surface area contributed by atoms with Gasteiger partial charge in [-0.05, 0) is 12.8 Å². The lowest BCUT2D eigenvalue weighted by molar-refractivity contribution is 0.409. The highest BCUT2D eigenvalue weighted by molar-refractivity contribution is 7.89. The van der Waals surface area contributed by atoms with Crippen molar-refractivity contribution in [3.05, 3.63) is 12.4 Å². The van der Waals surface area contributed by atoms with Gasteiger partial charge in [0, 0.05) is 20.1 Å². The largest absolute Gasteiger partial charge is 0.357 e. The Morgan fingerprint density at radius 3 is 2.06 bits per heavy atom. The van der Waals surface area contributed by atoms with Crippen LogP contribution in [0.1, 0.15) is 26.7 Å². The fraction of sp³-hybridized carbons (Fsp3) is 0.636. The van der Waals surface area contributed by atoms with Crippen molar-refractivity contribution in [1.82, 2.24) is 14.3 Å². The quantitative estimate of drug-likeness (QED) is 0.810. The summed E-state index contributed by atoms with van der Waals surface area (Å²) in [7, 11) is -1.79. The van der Waals surface area contributed by atoms with Gasteiger partial charge in [-0.1, -0.05) is 13.8 Å². The normalized spacial score (nSPS) is 11.8. The number of sulfonamides is 1. The summed E-state index contributed by atoms with van der Waals surface area (Å²) in [6.45, 7) is 4.95. The maximum Gasteiger partial charge on any atom is 0.246 e. The maximum atomic E-state index is 12.3.